The minimum Gasteiger partial charge on any atom is -0.391 e. The zero-order valence-corrected chi connectivity index (χ0v) is 29.4. The van der Waals surface area contributed by atoms with Gasteiger partial charge in [-0.05, 0) is 36.7 Å². The van der Waals surface area contributed by atoms with Gasteiger partial charge in [-0.1, -0.05) is 78.3 Å². The maximum atomic E-state index is 13.5. The van der Waals surface area contributed by atoms with Crippen LogP contribution in [0.1, 0.15) is 66.9 Å². The lowest BCUT2D eigenvalue weighted by molar-refractivity contribution is -0.136. The van der Waals surface area contributed by atoms with Crippen LogP contribution >= 0.6 is 0 Å². The highest BCUT2D eigenvalue weighted by atomic mass is 16.3. The Morgan fingerprint density at radius 2 is 1.12 bits per heavy atom. The van der Waals surface area contributed by atoms with Gasteiger partial charge in [0.1, 0.15) is 30.2 Å². The van der Waals surface area contributed by atoms with Crippen LogP contribution in [0.5, 0.6) is 0 Å². The van der Waals surface area contributed by atoms with Crippen LogP contribution in [0.3, 0.4) is 0 Å². The Hall–Kier alpha value is -4.53. The lowest BCUT2D eigenvalue weighted by Crippen LogP contribution is -2.61. The van der Waals surface area contributed by atoms with Crippen molar-refractivity contribution in [3.05, 3.63) is 35.9 Å². The van der Waals surface area contributed by atoms with Gasteiger partial charge in [-0.2, -0.15) is 0 Å². The Labute approximate surface area is 287 Å². The number of hydrogen-bond acceptors (Lipinski definition) is 8. The summed E-state index contributed by atoms with van der Waals surface area (Å²) in [5.74, 6) is -5.87. The summed E-state index contributed by atoms with van der Waals surface area (Å²) in [6.07, 6.45) is -0.647. The largest absolute Gasteiger partial charge is 0.391 e. The van der Waals surface area contributed by atoms with Crippen molar-refractivity contribution in [2.75, 3.05) is 13.1 Å². The van der Waals surface area contributed by atoms with E-state index in [9.17, 15) is 38.7 Å². The van der Waals surface area contributed by atoms with Crippen LogP contribution in [0.25, 0.3) is 0 Å². The molecule has 1 aromatic carbocycles. The number of aliphatic hydroxyl groups excluding tert-OH is 1. The molecule has 1 heterocycles. The Morgan fingerprint density at radius 3 is 1.63 bits per heavy atom. The molecule has 0 aromatic heterocycles. The molecule has 15 nitrogen and oxygen atoms in total. The fourth-order valence-corrected chi connectivity index (χ4v) is 5.20. The summed E-state index contributed by atoms with van der Waals surface area (Å²) >= 11 is 0. The molecule has 8 N–H and O–H groups in total. The van der Waals surface area contributed by atoms with Crippen molar-refractivity contribution in [2.45, 2.75) is 104 Å². The first-order chi connectivity index (χ1) is 23.0. The van der Waals surface area contributed by atoms with Crippen LogP contribution in [0.4, 0.5) is 0 Å². The number of hydrogen-bond donors (Lipinski definition) is 8. The smallest absolute Gasteiger partial charge is 0.245 e. The first-order valence-electron chi connectivity index (χ1n) is 16.8. The lowest BCUT2D eigenvalue weighted by Gasteiger charge is -2.29. The molecule has 1 saturated heterocycles. The van der Waals surface area contributed by atoms with Gasteiger partial charge in [0.25, 0.3) is 0 Å². The standard InChI is InChI=1S/C34H53N7O8/c1-8-20(6)28-33(48)37-23(14-18(2)3)30(45)35-16-25(43)39-27(19(4)5)32(47)38-24(15-22-12-10-9-11-13-22)31(46)36-17-26(44)40-29(21(7)42)34(49)41-28/h9-13,18-21,23-24,27-29,42H,8,14-17H2,1-7H3,(H,35,45)(H,36,46)(H,37,48)(H,38,47)(H,39,43)(H,40,44)(H,41,49)/t20-,21+,23-,24-,27-,28-,29-/m0/s1. The van der Waals surface area contributed by atoms with E-state index in [2.05, 4.69) is 37.2 Å². The number of benzene rings is 1. The molecular weight excluding hydrogens is 634 g/mol. The predicted molar refractivity (Wildman–Crippen MR) is 181 cm³/mol. The average Bonchev–Trinajstić information content (AvgIpc) is 3.04. The van der Waals surface area contributed by atoms with Crippen molar-refractivity contribution < 1.29 is 38.7 Å². The summed E-state index contributed by atoms with van der Waals surface area (Å²) in [5, 5.41) is 28.4. The molecular formula is C34H53N7O8. The normalized spacial score (nSPS) is 25.4. The van der Waals surface area contributed by atoms with Gasteiger partial charge < -0.3 is 42.3 Å². The highest BCUT2D eigenvalue weighted by molar-refractivity contribution is 5.97. The summed E-state index contributed by atoms with van der Waals surface area (Å²) in [6.45, 7) is 10.9. The molecule has 49 heavy (non-hydrogen) atoms. The van der Waals surface area contributed by atoms with E-state index in [0.29, 0.717) is 12.0 Å². The van der Waals surface area contributed by atoms with Gasteiger partial charge in [0.15, 0.2) is 0 Å². The molecule has 7 atom stereocenters. The Morgan fingerprint density at radius 1 is 0.633 bits per heavy atom. The first kappa shape index (κ1) is 40.6. The van der Waals surface area contributed by atoms with E-state index in [1.807, 2.05) is 20.8 Å². The van der Waals surface area contributed by atoms with Crippen molar-refractivity contribution >= 4 is 41.4 Å². The Bertz CT molecular complexity index is 1320. The second kappa shape index (κ2) is 19.5. The minimum absolute atomic E-state index is 0.0417. The van der Waals surface area contributed by atoms with Crippen LogP contribution in [0.2, 0.25) is 0 Å². The fourth-order valence-electron chi connectivity index (χ4n) is 5.20. The topological polar surface area (TPSA) is 224 Å². The number of nitrogens with one attached hydrogen (secondary N) is 7. The summed E-state index contributed by atoms with van der Waals surface area (Å²) in [4.78, 5) is 93.0. The van der Waals surface area contributed by atoms with Gasteiger partial charge in [-0.3, -0.25) is 33.6 Å². The van der Waals surface area contributed by atoms with Crippen molar-refractivity contribution in [1.29, 1.82) is 0 Å². The molecule has 0 radical (unpaired) electrons. The zero-order valence-electron chi connectivity index (χ0n) is 29.4. The second-order valence-electron chi connectivity index (χ2n) is 13.3. The highest BCUT2D eigenvalue weighted by Gasteiger charge is 2.35. The fraction of sp³-hybridized carbons (Fsp3) is 0.618. The van der Waals surface area contributed by atoms with Gasteiger partial charge in [-0.15, -0.1) is 0 Å². The molecule has 0 aliphatic carbocycles. The van der Waals surface area contributed by atoms with E-state index in [-0.39, 0.29) is 18.8 Å². The predicted octanol–water partition coefficient (Wildman–Crippen LogP) is -0.972. The van der Waals surface area contributed by atoms with Crippen molar-refractivity contribution in [1.82, 2.24) is 37.2 Å². The minimum atomic E-state index is -1.49. The SMILES string of the molecule is CC[C@H](C)[C@@H]1NC(=O)[C@H]([C@@H](C)O)NC(=O)CNC(=O)[C@H](Cc2ccccc2)NC(=O)[C@H](C(C)C)NC(=O)CNC(=O)[C@H](CC(C)C)NC1=O. The van der Waals surface area contributed by atoms with Gasteiger partial charge in [0, 0.05) is 6.42 Å². The van der Waals surface area contributed by atoms with Gasteiger partial charge >= 0.3 is 0 Å². The van der Waals surface area contributed by atoms with Crippen molar-refractivity contribution in [3.63, 3.8) is 0 Å². The summed E-state index contributed by atoms with van der Waals surface area (Å²) in [7, 11) is 0. The first-order valence-corrected chi connectivity index (χ1v) is 16.8. The Balaban J connectivity index is 2.50. The Kier molecular flexibility index (Phi) is 16.1. The average molecular weight is 688 g/mol. The number of aliphatic hydroxyl groups is 1. The third-order valence-corrected chi connectivity index (χ3v) is 8.24. The second-order valence-corrected chi connectivity index (χ2v) is 13.3. The highest BCUT2D eigenvalue weighted by Crippen LogP contribution is 2.12. The number of carbonyl (C=O) groups excluding carboxylic acids is 7. The van der Waals surface area contributed by atoms with E-state index in [0.717, 1.165) is 0 Å². The number of rotatable bonds is 8. The quantitative estimate of drug-likeness (QED) is 0.169. The van der Waals surface area contributed by atoms with E-state index in [1.54, 1.807) is 51.1 Å². The van der Waals surface area contributed by atoms with E-state index >= 15 is 0 Å². The van der Waals surface area contributed by atoms with Crippen LogP contribution in [-0.2, 0) is 40.0 Å². The van der Waals surface area contributed by atoms with Crippen LogP contribution in [-0.4, -0.2) is 95.9 Å². The summed E-state index contributed by atoms with van der Waals surface area (Å²) in [5.41, 5.74) is 0.714. The molecule has 0 bridgehead atoms. The lowest BCUT2D eigenvalue weighted by atomic mass is 9.96. The molecule has 15 heteroatoms. The van der Waals surface area contributed by atoms with Crippen molar-refractivity contribution in [2.24, 2.45) is 17.8 Å². The van der Waals surface area contributed by atoms with Crippen LogP contribution < -0.4 is 37.2 Å². The van der Waals surface area contributed by atoms with Crippen LogP contribution in [0.15, 0.2) is 30.3 Å². The molecule has 272 valence electrons. The number of amides is 7. The molecule has 0 saturated carbocycles. The summed E-state index contributed by atoms with van der Waals surface area (Å²) < 4.78 is 0. The van der Waals surface area contributed by atoms with Crippen molar-refractivity contribution in [3.8, 4) is 0 Å². The molecule has 0 unspecified atom stereocenters. The van der Waals surface area contributed by atoms with E-state index in [1.165, 1.54) is 6.92 Å². The molecule has 0 spiro atoms. The maximum Gasteiger partial charge on any atom is 0.245 e. The third-order valence-electron chi connectivity index (χ3n) is 8.24. The van der Waals surface area contributed by atoms with Gasteiger partial charge in [0.05, 0.1) is 19.2 Å². The van der Waals surface area contributed by atoms with E-state index < -0.39 is 103 Å². The molecule has 1 fully saturated rings. The molecule has 1 aliphatic rings. The third kappa shape index (κ3) is 13.1. The zero-order chi connectivity index (χ0) is 36.8. The molecule has 2 rings (SSSR count). The number of carbonyl (C=O) groups is 7. The molecule has 1 aromatic rings. The van der Waals surface area contributed by atoms with E-state index in [4.69, 9.17) is 0 Å². The molecule has 1 aliphatic heterocycles. The van der Waals surface area contributed by atoms with Crippen LogP contribution in [0, 0.1) is 17.8 Å². The monoisotopic (exact) mass is 687 g/mol. The van der Waals surface area contributed by atoms with Gasteiger partial charge in [0.2, 0.25) is 41.4 Å². The van der Waals surface area contributed by atoms with Gasteiger partial charge in [-0.25, -0.2) is 0 Å². The molecule has 7 amide bonds. The summed E-state index contributed by atoms with van der Waals surface area (Å²) in [6, 6.07) is 2.92. The maximum absolute atomic E-state index is 13.5.